The first-order valence-corrected chi connectivity index (χ1v) is 9.80. The van der Waals surface area contributed by atoms with Crippen LogP contribution in [0, 0.1) is 12.7 Å². The van der Waals surface area contributed by atoms with Gasteiger partial charge in [0.1, 0.15) is 11.6 Å². The Bertz CT molecular complexity index is 760. The van der Waals surface area contributed by atoms with E-state index in [4.69, 9.17) is 0 Å². The molecule has 148 valence electrons. The van der Waals surface area contributed by atoms with E-state index in [0.29, 0.717) is 6.04 Å². The molecule has 1 aliphatic rings. The fraction of sp³-hybridized carbons (Fsp3) is 0.591. The molecule has 3 rings (SSSR count). The van der Waals surface area contributed by atoms with Crippen molar-refractivity contribution in [2.24, 2.45) is 7.05 Å². The van der Waals surface area contributed by atoms with Gasteiger partial charge in [-0.2, -0.15) is 0 Å². The number of piperidine rings is 1. The Morgan fingerprint density at radius 2 is 1.70 bits per heavy atom. The van der Waals surface area contributed by atoms with E-state index in [9.17, 15) is 4.39 Å². The first-order chi connectivity index (χ1) is 12.5. The molecule has 2 heterocycles. The number of nitrogens with zero attached hydrogens (tertiary/aromatic N) is 3. The lowest BCUT2D eigenvalue weighted by molar-refractivity contribution is 0.0551. The van der Waals surface area contributed by atoms with Gasteiger partial charge in [-0.1, -0.05) is 12.1 Å². The molecule has 0 spiro atoms. The van der Waals surface area contributed by atoms with Gasteiger partial charge in [0, 0.05) is 43.5 Å². The van der Waals surface area contributed by atoms with Crippen LogP contribution >= 0.6 is 0 Å². The van der Waals surface area contributed by atoms with E-state index in [1.54, 1.807) is 12.1 Å². The van der Waals surface area contributed by atoms with Gasteiger partial charge in [-0.25, -0.2) is 9.37 Å². The van der Waals surface area contributed by atoms with Crippen molar-refractivity contribution in [1.82, 2.24) is 19.8 Å². The Morgan fingerprint density at radius 1 is 1.11 bits per heavy atom. The molecule has 0 unspecified atom stereocenters. The van der Waals surface area contributed by atoms with Gasteiger partial charge < -0.3 is 9.88 Å². The van der Waals surface area contributed by atoms with E-state index in [1.807, 2.05) is 25.3 Å². The molecule has 1 aromatic carbocycles. The summed E-state index contributed by atoms with van der Waals surface area (Å²) >= 11 is 0. The summed E-state index contributed by atoms with van der Waals surface area (Å²) < 4.78 is 15.5. The van der Waals surface area contributed by atoms with Crippen molar-refractivity contribution >= 4 is 0 Å². The third-order valence-corrected chi connectivity index (χ3v) is 5.67. The molecule has 0 radical (unpaired) electrons. The molecule has 1 aromatic heterocycles. The molecule has 27 heavy (non-hydrogen) atoms. The van der Waals surface area contributed by atoms with Crippen LogP contribution in [0.3, 0.4) is 0 Å². The van der Waals surface area contributed by atoms with Crippen LogP contribution in [0.1, 0.15) is 57.6 Å². The minimum absolute atomic E-state index is 0.0792. The zero-order chi connectivity index (χ0) is 19.8. The molecule has 1 saturated heterocycles. The fourth-order valence-corrected chi connectivity index (χ4v) is 4.57. The highest BCUT2D eigenvalue weighted by Gasteiger charge is 2.40. The summed E-state index contributed by atoms with van der Waals surface area (Å²) in [5.41, 5.74) is 2.51. The normalized spacial score (nSPS) is 19.6. The second kappa shape index (κ2) is 7.36. The Morgan fingerprint density at radius 3 is 2.22 bits per heavy atom. The Balaban J connectivity index is 1.88. The van der Waals surface area contributed by atoms with Gasteiger partial charge in [-0.05, 0) is 65.2 Å². The van der Waals surface area contributed by atoms with Crippen LogP contribution < -0.4 is 5.32 Å². The second-order valence-electron chi connectivity index (χ2n) is 9.34. The van der Waals surface area contributed by atoms with Crippen molar-refractivity contribution in [3.05, 3.63) is 53.4 Å². The first-order valence-electron chi connectivity index (χ1n) is 9.80. The van der Waals surface area contributed by atoms with Crippen molar-refractivity contribution in [3.8, 4) is 0 Å². The Kier molecular flexibility index (Phi) is 5.46. The minimum atomic E-state index is -0.184. The van der Waals surface area contributed by atoms with Crippen molar-refractivity contribution in [3.63, 3.8) is 0 Å². The average molecular weight is 373 g/mol. The van der Waals surface area contributed by atoms with Gasteiger partial charge in [0.25, 0.3) is 0 Å². The summed E-state index contributed by atoms with van der Waals surface area (Å²) in [5.74, 6) is 0.842. The van der Waals surface area contributed by atoms with E-state index in [2.05, 4.69) is 54.5 Å². The van der Waals surface area contributed by atoms with Crippen molar-refractivity contribution in [2.45, 2.75) is 77.7 Å². The minimum Gasteiger partial charge on any atom is -0.334 e. The van der Waals surface area contributed by atoms with Crippen LogP contribution in [0.5, 0.6) is 0 Å². The standard InChI is InChI=1S/C22H33FN4/c1-16-24-13-20(26(16)6)15-27(14-17-7-9-18(23)10-8-17)19-11-21(2,3)25-22(4,5)12-19/h7-10,13,19,25H,11-12,14-15H2,1-6H3. The number of benzene rings is 1. The smallest absolute Gasteiger partial charge is 0.123 e. The van der Waals surface area contributed by atoms with E-state index >= 15 is 0 Å². The molecule has 4 nitrogen and oxygen atoms in total. The number of rotatable bonds is 5. The van der Waals surface area contributed by atoms with Gasteiger partial charge in [0.05, 0.1) is 5.69 Å². The fourth-order valence-electron chi connectivity index (χ4n) is 4.57. The maximum absolute atomic E-state index is 13.4. The van der Waals surface area contributed by atoms with E-state index in [1.165, 1.54) is 5.69 Å². The van der Waals surface area contributed by atoms with Gasteiger partial charge in [-0.15, -0.1) is 0 Å². The Hall–Kier alpha value is -1.72. The lowest BCUT2D eigenvalue weighted by atomic mass is 9.79. The summed E-state index contributed by atoms with van der Waals surface area (Å²) in [5, 5.41) is 3.77. The largest absolute Gasteiger partial charge is 0.334 e. The quantitative estimate of drug-likeness (QED) is 0.855. The molecule has 2 aromatic rings. The van der Waals surface area contributed by atoms with Crippen LogP contribution in [0.2, 0.25) is 0 Å². The Labute approximate surface area is 162 Å². The number of halogens is 1. The zero-order valence-corrected chi connectivity index (χ0v) is 17.5. The van der Waals surface area contributed by atoms with Crippen molar-refractivity contribution in [1.29, 1.82) is 0 Å². The molecule has 0 amide bonds. The average Bonchev–Trinajstić information content (AvgIpc) is 2.85. The lowest BCUT2D eigenvalue weighted by Gasteiger charge is -2.49. The number of aryl methyl sites for hydroxylation is 1. The third-order valence-electron chi connectivity index (χ3n) is 5.67. The second-order valence-corrected chi connectivity index (χ2v) is 9.34. The first kappa shape index (κ1) is 20.0. The number of hydrogen-bond acceptors (Lipinski definition) is 3. The van der Waals surface area contributed by atoms with E-state index in [-0.39, 0.29) is 16.9 Å². The molecular weight excluding hydrogens is 339 g/mol. The molecular formula is C22H33FN4. The van der Waals surface area contributed by atoms with Gasteiger partial charge in [0.2, 0.25) is 0 Å². The highest BCUT2D eigenvalue weighted by atomic mass is 19.1. The molecule has 1 aliphatic heterocycles. The predicted molar refractivity (Wildman–Crippen MR) is 108 cm³/mol. The van der Waals surface area contributed by atoms with Crippen molar-refractivity contribution in [2.75, 3.05) is 0 Å². The summed E-state index contributed by atoms with van der Waals surface area (Å²) in [6.45, 7) is 12.8. The summed E-state index contributed by atoms with van der Waals surface area (Å²) in [6.07, 6.45) is 4.13. The van der Waals surface area contributed by atoms with Gasteiger partial charge >= 0.3 is 0 Å². The lowest BCUT2D eigenvalue weighted by Crippen LogP contribution is -2.62. The third kappa shape index (κ3) is 4.96. The zero-order valence-electron chi connectivity index (χ0n) is 17.5. The highest BCUT2D eigenvalue weighted by Crippen LogP contribution is 2.33. The van der Waals surface area contributed by atoms with Crippen LogP contribution in [0.15, 0.2) is 30.5 Å². The number of hydrogen-bond donors (Lipinski definition) is 1. The molecule has 1 N–H and O–H groups in total. The SMILES string of the molecule is Cc1ncc(CN(Cc2ccc(F)cc2)C2CC(C)(C)NC(C)(C)C2)n1C. The number of nitrogens with one attached hydrogen (secondary N) is 1. The molecule has 0 aliphatic carbocycles. The van der Waals surface area contributed by atoms with Gasteiger partial charge in [0.15, 0.2) is 0 Å². The summed E-state index contributed by atoms with van der Waals surface area (Å²) in [7, 11) is 2.07. The number of imidazole rings is 1. The topological polar surface area (TPSA) is 33.1 Å². The molecule has 0 atom stereocenters. The molecule has 5 heteroatoms. The molecule has 1 fully saturated rings. The summed E-state index contributed by atoms with van der Waals surface area (Å²) in [4.78, 5) is 7.00. The van der Waals surface area contributed by atoms with Crippen LogP contribution in [0.4, 0.5) is 4.39 Å². The summed E-state index contributed by atoms with van der Waals surface area (Å²) in [6, 6.07) is 7.34. The van der Waals surface area contributed by atoms with E-state index in [0.717, 1.165) is 37.3 Å². The highest BCUT2D eigenvalue weighted by molar-refractivity contribution is 5.17. The monoisotopic (exact) mass is 372 g/mol. The maximum Gasteiger partial charge on any atom is 0.123 e. The van der Waals surface area contributed by atoms with Crippen molar-refractivity contribution < 1.29 is 4.39 Å². The van der Waals surface area contributed by atoms with Crippen LogP contribution in [-0.4, -0.2) is 31.6 Å². The van der Waals surface area contributed by atoms with E-state index < -0.39 is 0 Å². The molecule has 0 bridgehead atoms. The van der Waals surface area contributed by atoms with Gasteiger partial charge in [-0.3, -0.25) is 4.90 Å². The predicted octanol–water partition coefficient (Wildman–Crippen LogP) is 4.18. The van der Waals surface area contributed by atoms with Crippen LogP contribution in [-0.2, 0) is 20.1 Å². The number of aromatic nitrogens is 2. The van der Waals surface area contributed by atoms with Crippen LogP contribution in [0.25, 0.3) is 0 Å². The molecule has 0 saturated carbocycles. The maximum atomic E-state index is 13.4.